The molecule has 3 aromatic carbocycles. The summed E-state index contributed by atoms with van der Waals surface area (Å²) >= 11 is 0. The number of ether oxygens (including phenoxy) is 1. The molecular weight excluding hydrogens is 650 g/mol. The fourth-order valence-corrected chi connectivity index (χ4v) is 7.42. The standard InChI is InChI=1S/C41H48F2N4O4/c1-25-20-26(2)27(3)36(21-25)51-19-17-28-10-12-29(13-11-28)33-22-31-23-46(38(49)9-5-8-37(44)48)24-35(45-31)39(33)41(50)47(32-14-15-32)18-16-30-6-4-7-34(42)40(30)43/h4,6-7,10-13,20-21,31-32,35,45H,5,8-9,14-19,22-24H2,1-3H3,(H2,44,48). The molecule has 3 aliphatic rings. The second-order valence-electron chi connectivity index (χ2n) is 14.3. The largest absolute Gasteiger partial charge is 0.493 e. The molecule has 2 heterocycles. The van der Waals surface area contributed by atoms with Crippen LogP contribution in [-0.2, 0) is 27.2 Å². The van der Waals surface area contributed by atoms with E-state index < -0.39 is 23.6 Å². The second kappa shape index (κ2) is 15.8. The summed E-state index contributed by atoms with van der Waals surface area (Å²) in [6.45, 7) is 7.84. The molecule has 0 radical (unpaired) electrons. The van der Waals surface area contributed by atoms with E-state index in [1.54, 1.807) is 11.0 Å². The highest BCUT2D eigenvalue weighted by Gasteiger charge is 2.43. The zero-order chi connectivity index (χ0) is 36.2. The van der Waals surface area contributed by atoms with Crippen LogP contribution < -0.4 is 15.8 Å². The van der Waals surface area contributed by atoms with E-state index in [2.05, 4.69) is 62.5 Å². The van der Waals surface area contributed by atoms with Gasteiger partial charge in [-0.05, 0) is 104 Å². The van der Waals surface area contributed by atoms with Gasteiger partial charge in [-0.25, -0.2) is 8.78 Å². The number of carbonyl (C=O) groups excluding carboxylic acids is 3. The highest BCUT2D eigenvalue weighted by molar-refractivity contribution is 6.03. The Morgan fingerprint density at radius 1 is 0.980 bits per heavy atom. The van der Waals surface area contributed by atoms with Crippen molar-refractivity contribution in [3.63, 3.8) is 0 Å². The van der Waals surface area contributed by atoms with Crippen LogP contribution in [0.15, 0.2) is 60.2 Å². The van der Waals surface area contributed by atoms with Gasteiger partial charge in [0, 0.05) is 56.6 Å². The van der Waals surface area contributed by atoms with E-state index in [4.69, 9.17) is 10.5 Å². The average molecular weight is 699 g/mol. The summed E-state index contributed by atoms with van der Waals surface area (Å²) in [5.74, 6) is -1.51. The Morgan fingerprint density at radius 3 is 2.47 bits per heavy atom. The van der Waals surface area contributed by atoms with E-state index in [1.807, 2.05) is 4.90 Å². The monoisotopic (exact) mass is 698 g/mol. The summed E-state index contributed by atoms with van der Waals surface area (Å²) in [6.07, 6.45) is 3.91. The number of piperazine rings is 1. The second-order valence-corrected chi connectivity index (χ2v) is 14.3. The van der Waals surface area contributed by atoms with E-state index in [0.717, 1.165) is 53.3 Å². The maximum Gasteiger partial charge on any atom is 0.252 e. The first-order valence-electron chi connectivity index (χ1n) is 18.1. The van der Waals surface area contributed by atoms with E-state index in [0.29, 0.717) is 38.1 Å². The summed E-state index contributed by atoms with van der Waals surface area (Å²) in [7, 11) is 0. The Kier molecular flexibility index (Phi) is 11.2. The van der Waals surface area contributed by atoms with Crippen LogP contribution in [0.4, 0.5) is 8.78 Å². The Morgan fingerprint density at radius 2 is 1.75 bits per heavy atom. The third-order valence-corrected chi connectivity index (χ3v) is 10.4. The van der Waals surface area contributed by atoms with E-state index in [9.17, 15) is 23.2 Å². The third-order valence-electron chi connectivity index (χ3n) is 10.4. The zero-order valence-corrected chi connectivity index (χ0v) is 29.8. The molecular formula is C41H48F2N4O4. The van der Waals surface area contributed by atoms with Crippen molar-refractivity contribution < 1.29 is 27.9 Å². The van der Waals surface area contributed by atoms with Crippen molar-refractivity contribution in [3.8, 4) is 5.75 Å². The summed E-state index contributed by atoms with van der Waals surface area (Å²) < 4.78 is 34.8. The quantitative estimate of drug-likeness (QED) is 0.224. The minimum atomic E-state index is -0.900. The number of carbonyl (C=O) groups is 3. The first-order chi connectivity index (χ1) is 24.5. The van der Waals surface area contributed by atoms with E-state index in [1.165, 1.54) is 17.2 Å². The van der Waals surface area contributed by atoms with Gasteiger partial charge in [0.05, 0.1) is 12.6 Å². The number of amides is 3. The molecule has 1 saturated heterocycles. The number of fused-ring (bicyclic) bond motifs is 2. The van der Waals surface area contributed by atoms with Crippen LogP contribution in [0.3, 0.4) is 0 Å². The van der Waals surface area contributed by atoms with Gasteiger partial charge < -0.3 is 25.6 Å². The topological polar surface area (TPSA) is 105 Å². The molecule has 2 bridgehead atoms. The fraction of sp³-hybridized carbons (Fsp3) is 0.439. The Bertz CT molecular complexity index is 1820. The van der Waals surface area contributed by atoms with Gasteiger partial charge >= 0.3 is 0 Å². The van der Waals surface area contributed by atoms with Gasteiger partial charge in [0.2, 0.25) is 11.8 Å². The van der Waals surface area contributed by atoms with Crippen molar-refractivity contribution in [2.45, 2.75) is 90.3 Å². The van der Waals surface area contributed by atoms with Gasteiger partial charge in [-0.15, -0.1) is 0 Å². The smallest absolute Gasteiger partial charge is 0.252 e. The van der Waals surface area contributed by atoms with E-state index in [-0.39, 0.29) is 55.3 Å². The zero-order valence-electron chi connectivity index (χ0n) is 29.8. The van der Waals surface area contributed by atoms with Crippen LogP contribution in [-0.4, -0.2) is 71.9 Å². The molecule has 6 rings (SSSR count). The molecule has 1 saturated carbocycles. The molecule has 3 amide bonds. The lowest BCUT2D eigenvalue weighted by Gasteiger charge is -2.45. The van der Waals surface area contributed by atoms with Crippen molar-refractivity contribution >= 4 is 23.3 Å². The van der Waals surface area contributed by atoms with Crippen molar-refractivity contribution in [1.82, 2.24) is 15.1 Å². The number of nitrogens with one attached hydrogen (secondary N) is 1. The molecule has 0 spiro atoms. The molecule has 8 nitrogen and oxygen atoms in total. The Labute approximate surface area is 299 Å². The Balaban J connectivity index is 1.24. The summed E-state index contributed by atoms with van der Waals surface area (Å²) in [5, 5.41) is 3.62. The number of nitrogens with zero attached hydrogens (tertiary/aromatic N) is 2. The van der Waals surface area contributed by atoms with Crippen LogP contribution in [0.5, 0.6) is 5.75 Å². The van der Waals surface area contributed by atoms with Gasteiger partial charge in [0.25, 0.3) is 5.91 Å². The van der Waals surface area contributed by atoms with Crippen LogP contribution in [0.2, 0.25) is 0 Å². The van der Waals surface area contributed by atoms with Crippen LogP contribution in [0.25, 0.3) is 5.57 Å². The molecule has 3 N–H and O–H groups in total. The van der Waals surface area contributed by atoms with Crippen molar-refractivity contribution in [1.29, 1.82) is 0 Å². The number of hydrogen-bond acceptors (Lipinski definition) is 5. The van der Waals surface area contributed by atoms with E-state index >= 15 is 0 Å². The third kappa shape index (κ3) is 8.67. The molecule has 0 aromatic heterocycles. The molecule has 2 unspecified atom stereocenters. The maximum absolute atomic E-state index is 14.7. The average Bonchev–Trinajstić information content (AvgIpc) is 3.94. The minimum absolute atomic E-state index is 0.0268. The number of aryl methyl sites for hydroxylation is 2. The minimum Gasteiger partial charge on any atom is -0.493 e. The lowest BCUT2D eigenvalue weighted by molar-refractivity contribution is -0.134. The molecule has 1 aliphatic carbocycles. The van der Waals surface area contributed by atoms with Gasteiger partial charge in [-0.3, -0.25) is 14.4 Å². The number of halogens is 2. The molecule has 2 fully saturated rings. The van der Waals surface area contributed by atoms with Crippen molar-refractivity contribution in [2.24, 2.45) is 5.73 Å². The molecule has 270 valence electrons. The molecule has 2 aliphatic heterocycles. The normalized spacial score (nSPS) is 18.5. The lowest BCUT2D eigenvalue weighted by Crippen LogP contribution is -2.62. The predicted molar refractivity (Wildman–Crippen MR) is 193 cm³/mol. The summed E-state index contributed by atoms with van der Waals surface area (Å²) in [5.41, 5.74) is 12.7. The summed E-state index contributed by atoms with van der Waals surface area (Å²) in [6, 6.07) is 16.2. The number of primary amides is 1. The first-order valence-corrected chi connectivity index (χ1v) is 18.1. The number of rotatable bonds is 14. The van der Waals surface area contributed by atoms with Gasteiger partial charge in [0.1, 0.15) is 5.75 Å². The Hall–Kier alpha value is -4.57. The number of nitrogens with two attached hydrogens (primary N) is 1. The SMILES string of the molecule is Cc1cc(C)c(C)c(OCCc2ccc(C3=C(C(=O)N(CCc4cccc(F)c4F)C4CC4)C4CN(C(=O)CCCC(N)=O)CC(C3)N4)cc2)c1. The van der Waals surface area contributed by atoms with Gasteiger partial charge in [-0.2, -0.15) is 0 Å². The molecule has 3 aromatic rings. The fourth-order valence-electron chi connectivity index (χ4n) is 7.42. The first kappa shape index (κ1) is 36.2. The van der Waals surface area contributed by atoms with Crippen LogP contribution in [0.1, 0.15) is 71.9 Å². The lowest BCUT2D eigenvalue weighted by atomic mass is 9.82. The van der Waals surface area contributed by atoms with Gasteiger partial charge in [0.15, 0.2) is 11.6 Å². The number of benzene rings is 3. The highest BCUT2D eigenvalue weighted by atomic mass is 19.2. The predicted octanol–water partition coefficient (Wildman–Crippen LogP) is 5.73. The van der Waals surface area contributed by atoms with Crippen LogP contribution in [0, 0.1) is 32.4 Å². The molecule has 2 atom stereocenters. The van der Waals surface area contributed by atoms with Crippen molar-refractivity contribution in [3.05, 3.63) is 105 Å². The highest BCUT2D eigenvalue weighted by Crippen LogP contribution is 2.37. The number of hydrogen-bond donors (Lipinski definition) is 2. The molecule has 10 heteroatoms. The van der Waals surface area contributed by atoms with Crippen molar-refractivity contribution in [2.75, 3.05) is 26.2 Å². The maximum atomic E-state index is 14.7. The molecule has 51 heavy (non-hydrogen) atoms. The summed E-state index contributed by atoms with van der Waals surface area (Å²) in [4.78, 5) is 42.8. The van der Waals surface area contributed by atoms with Gasteiger partial charge in [-0.1, -0.05) is 42.5 Å². The van der Waals surface area contributed by atoms with Crippen LogP contribution >= 0.6 is 0 Å².